The van der Waals surface area contributed by atoms with Crippen LogP contribution in [0.5, 0.6) is 11.5 Å². The minimum atomic E-state index is -5.54. The molecule has 398 valence electrons. The van der Waals surface area contributed by atoms with Crippen LogP contribution in [0.25, 0.3) is 10.8 Å². The lowest BCUT2D eigenvalue weighted by Gasteiger charge is -2.16. The molecule has 0 aliphatic heterocycles. The number of phenols is 1. The molecule has 31 nitrogen and oxygen atoms in total. The molecule has 0 saturated carbocycles. The van der Waals surface area contributed by atoms with Gasteiger partial charge in [-0.25, -0.2) is 25.2 Å². The molecule has 6 rings (SSSR count). The van der Waals surface area contributed by atoms with E-state index >= 15 is 0 Å². The minimum absolute atomic E-state index is 0.0560. The van der Waals surface area contributed by atoms with Crippen molar-refractivity contribution in [1.82, 2.24) is 15.0 Å². The van der Waals surface area contributed by atoms with Crippen molar-refractivity contribution >= 4 is 128 Å². The van der Waals surface area contributed by atoms with Crippen molar-refractivity contribution in [1.29, 1.82) is 0 Å². The second kappa shape index (κ2) is 21.3. The number of rotatable bonds is 22. The number of benzene rings is 5. The molecule has 38 heteroatoms. The van der Waals surface area contributed by atoms with E-state index in [-0.39, 0.29) is 26.9 Å². The Bertz CT molecular complexity index is 3910. The van der Waals surface area contributed by atoms with E-state index in [4.69, 9.17) is 13.8 Å². The van der Waals surface area contributed by atoms with Crippen LogP contribution in [0.3, 0.4) is 0 Å². The van der Waals surface area contributed by atoms with Crippen molar-refractivity contribution in [3.63, 3.8) is 0 Å². The number of hydrogen-bond acceptors (Lipinski definition) is 26. The number of anilines is 6. The Morgan fingerprint density at radius 1 is 0.514 bits per heavy atom. The maximum absolute atomic E-state index is 13.2. The van der Waals surface area contributed by atoms with E-state index in [1.165, 1.54) is 37.4 Å². The summed E-state index contributed by atoms with van der Waals surface area (Å²) in [4.78, 5) is 8.42. The van der Waals surface area contributed by atoms with Gasteiger partial charge in [-0.15, -0.1) is 10.2 Å². The number of azo groups is 1. The Labute approximate surface area is 419 Å². The zero-order chi connectivity index (χ0) is 54.8. The van der Waals surface area contributed by atoms with Gasteiger partial charge in [-0.1, -0.05) is 0 Å². The third-order valence-corrected chi connectivity index (χ3v) is 16.4. The first-order chi connectivity index (χ1) is 34.1. The first-order valence-corrected chi connectivity index (χ1v) is 29.8. The van der Waals surface area contributed by atoms with Gasteiger partial charge in [0.25, 0.3) is 30.4 Å². The summed E-state index contributed by atoms with van der Waals surface area (Å²) in [5, 5.41) is 25.1. The summed E-state index contributed by atoms with van der Waals surface area (Å²) in [5.41, 5.74) is -2.27. The lowest BCUT2D eigenvalue weighted by Crippen LogP contribution is -2.15. The van der Waals surface area contributed by atoms with E-state index in [0.29, 0.717) is 6.07 Å². The predicted octanol–water partition coefficient (Wildman–Crippen LogP) is 3.31. The normalized spacial score (nSPS) is 13.0. The molecule has 0 bridgehead atoms. The number of nitrogens with one attached hydrogen (secondary N) is 3. The second-order valence-corrected chi connectivity index (χ2v) is 25.0. The molecule has 0 amide bonds. The average molecular weight is 1170 g/mol. The Morgan fingerprint density at radius 2 is 0.973 bits per heavy atom. The van der Waals surface area contributed by atoms with E-state index in [9.17, 15) is 77.7 Å². The van der Waals surface area contributed by atoms with Crippen molar-refractivity contribution in [3.05, 3.63) is 84.9 Å². The fraction of sp³-hybridized carbons (Fsp3) is 0.139. The van der Waals surface area contributed by atoms with Crippen molar-refractivity contribution in [2.75, 3.05) is 47.8 Å². The SMILES string of the molecule is COc1ccc(N=Nc2c(S(=O)(=O)O)cc3c(S(=O)(=O)O)c(Nc4nc(Nc5ccc(S(=O)(=O)CCOS(=O)(=O)O)cc5)nc(Nc5ccc(S(=O)(=O)CCOS(=O)(=O)O)cc5)n4)ccc3c2O)c(S(=O)(=O)O)c1. The molecular formula is C36H34N8O23S7. The molecule has 1 aromatic heterocycles. The van der Waals surface area contributed by atoms with E-state index in [1.807, 2.05) is 0 Å². The van der Waals surface area contributed by atoms with E-state index in [1.54, 1.807) is 0 Å². The van der Waals surface area contributed by atoms with E-state index in [0.717, 1.165) is 48.5 Å². The average Bonchev–Trinajstić information content (AvgIpc) is 3.26. The molecular weight excluding hydrogens is 1140 g/mol. The van der Waals surface area contributed by atoms with Crippen LogP contribution in [-0.4, -0.2) is 134 Å². The first-order valence-electron chi connectivity index (χ1n) is 19.4. The highest BCUT2D eigenvalue weighted by molar-refractivity contribution is 7.92. The number of phenolic OH excluding ortho intramolecular Hbond substituents is 1. The lowest BCUT2D eigenvalue weighted by molar-refractivity contribution is 0.282. The Hall–Kier alpha value is -6.66. The number of ether oxygens (including phenoxy) is 1. The summed E-state index contributed by atoms with van der Waals surface area (Å²) < 4.78 is 232. The highest BCUT2D eigenvalue weighted by Gasteiger charge is 2.29. The van der Waals surface area contributed by atoms with Crippen molar-refractivity contribution in [2.24, 2.45) is 10.2 Å². The maximum Gasteiger partial charge on any atom is 0.397 e. The van der Waals surface area contributed by atoms with Crippen LogP contribution >= 0.6 is 0 Å². The van der Waals surface area contributed by atoms with Gasteiger partial charge in [0, 0.05) is 28.2 Å². The summed E-state index contributed by atoms with van der Waals surface area (Å²) in [5.74, 6) is -4.49. The van der Waals surface area contributed by atoms with Gasteiger partial charge in [0.15, 0.2) is 25.4 Å². The van der Waals surface area contributed by atoms with E-state index < -0.39 is 162 Å². The number of sulfone groups is 2. The zero-order valence-corrected chi connectivity index (χ0v) is 42.3. The van der Waals surface area contributed by atoms with Crippen molar-refractivity contribution in [2.45, 2.75) is 24.5 Å². The fourth-order valence-electron chi connectivity index (χ4n) is 6.22. The van der Waals surface area contributed by atoms with Crippen LogP contribution in [0.15, 0.2) is 120 Å². The van der Waals surface area contributed by atoms with E-state index in [2.05, 4.69) is 49.5 Å². The fourth-order valence-corrected chi connectivity index (χ4v) is 11.3. The van der Waals surface area contributed by atoms with Crippen LogP contribution in [0.4, 0.5) is 46.3 Å². The largest absolute Gasteiger partial charge is 0.505 e. The van der Waals surface area contributed by atoms with Gasteiger partial charge in [-0.3, -0.25) is 22.8 Å². The third-order valence-electron chi connectivity index (χ3n) is 9.41. The number of methoxy groups -OCH3 is 1. The molecule has 0 aliphatic carbocycles. The predicted molar refractivity (Wildman–Crippen MR) is 254 cm³/mol. The number of aromatic nitrogens is 3. The van der Waals surface area contributed by atoms with Gasteiger partial charge in [0.1, 0.15) is 31.8 Å². The number of nitrogens with zero attached hydrogens (tertiary/aromatic N) is 5. The Balaban J connectivity index is 1.43. The standard InChI is InChI=1S/C36H34N8O23S7/c1-65-22-6-12-27(29(18-22)70(50,51)52)43-44-31-30(71(53,54)55)19-26-25(32(31)45)11-13-28(33(26)72(56,57)58)39-36-41-34(37-20-2-7-23(8-3-20)68(46,47)16-14-66-73(59,60)61)40-35(42-36)38-21-4-9-24(10-5-21)69(48,49)17-15-67-74(62,63)64/h2-13,18-19,45H,14-17H2,1H3,(H,50,51,52)(H,53,54,55)(H,56,57,58)(H,59,60,61)(H,62,63,64)(H3,37,38,39,40,41,42). The third kappa shape index (κ3) is 14.6. The number of fused-ring (bicyclic) bond motifs is 1. The summed E-state index contributed by atoms with van der Waals surface area (Å²) in [6.45, 7) is -1.86. The molecule has 0 radical (unpaired) electrons. The van der Waals surface area contributed by atoms with Gasteiger partial charge in [0.2, 0.25) is 17.8 Å². The molecule has 1 heterocycles. The monoisotopic (exact) mass is 1170 g/mol. The van der Waals surface area contributed by atoms with Crippen LogP contribution < -0.4 is 20.7 Å². The van der Waals surface area contributed by atoms with Gasteiger partial charge in [-0.05, 0) is 78.9 Å². The molecule has 9 N–H and O–H groups in total. The summed E-state index contributed by atoms with van der Waals surface area (Å²) in [7, 11) is -33.2. The Kier molecular flexibility index (Phi) is 16.3. The van der Waals surface area contributed by atoms with Gasteiger partial charge in [0.05, 0.1) is 47.3 Å². The molecule has 0 saturated heterocycles. The second-order valence-electron chi connectivity index (χ2n) is 14.4. The zero-order valence-electron chi connectivity index (χ0n) is 36.6. The minimum Gasteiger partial charge on any atom is -0.505 e. The highest BCUT2D eigenvalue weighted by Crippen LogP contribution is 2.45. The molecule has 0 spiro atoms. The Morgan fingerprint density at radius 3 is 1.39 bits per heavy atom. The molecule has 6 aromatic rings. The smallest absolute Gasteiger partial charge is 0.397 e. The highest BCUT2D eigenvalue weighted by atomic mass is 32.3. The van der Waals surface area contributed by atoms with Crippen LogP contribution in [0, 0.1) is 0 Å². The molecule has 0 unspecified atom stereocenters. The van der Waals surface area contributed by atoms with Gasteiger partial charge < -0.3 is 25.8 Å². The lowest BCUT2D eigenvalue weighted by atomic mass is 10.1. The summed E-state index contributed by atoms with van der Waals surface area (Å²) in [6.07, 6.45) is 0. The maximum atomic E-state index is 13.2. The quantitative estimate of drug-likeness (QED) is 0.0348. The molecule has 5 aromatic carbocycles. The van der Waals surface area contributed by atoms with Crippen LogP contribution in [-0.2, 0) is 79.2 Å². The molecule has 74 heavy (non-hydrogen) atoms. The number of aromatic hydroxyl groups is 1. The van der Waals surface area contributed by atoms with Crippen LogP contribution in [0.1, 0.15) is 0 Å². The number of hydrogen-bond donors (Lipinski definition) is 9. The summed E-state index contributed by atoms with van der Waals surface area (Å²) in [6, 6.07) is 14.3. The molecule has 0 atom stereocenters. The van der Waals surface area contributed by atoms with Gasteiger partial charge >= 0.3 is 20.8 Å². The van der Waals surface area contributed by atoms with Crippen molar-refractivity contribution < 1.29 is 99.9 Å². The topological polar surface area (TPSA) is 488 Å². The molecule has 0 fully saturated rings. The summed E-state index contributed by atoms with van der Waals surface area (Å²) >= 11 is 0. The van der Waals surface area contributed by atoms with Crippen LogP contribution in [0.2, 0.25) is 0 Å². The molecule has 0 aliphatic rings. The van der Waals surface area contributed by atoms with Crippen molar-refractivity contribution in [3.8, 4) is 11.5 Å². The van der Waals surface area contributed by atoms with Gasteiger partial charge in [-0.2, -0.15) is 57.0 Å². The first kappa shape index (κ1) is 56.6.